The van der Waals surface area contributed by atoms with E-state index in [4.69, 9.17) is 11.6 Å². The molecular weight excluding hydrogens is 320 g/mol. The van der Waals surface area contributed by atoms with E-state index in [1.165, 1.54) is 64.7 Å². The molecule has 2 fully saturated rings. The fraction of sp³-hybridized carbons (Fsp3) is 0.900. The molecule has 0 aliphatic carbocycles. The van der Waals surface area contributed by atoms with Gasteiger partial charge in [0.15, 0.2) is 0 Å². The van der Waals surface area contributed by atoms with Crippen LogP contribution in [-0.2, 0) is 0 Å². The summed E-state index contributed by atoms with van der Waals surface area (Å²) >= 11 is 5.68. The molecule has 0 saturated carbocycles. The molecule has 2 aliphatic rings. The van der Waals surface area contributed by atoms with Crippen LogP contribution in [0, 0.1) is 0 Å². The number of nitrogens with zero attached hydrogens (tertiary/aromatic N) is 2. The predicted octanol–water partition coefficient (Wildman–Crippen LogP) is 4.88. The van der Waals surface area contributed by atoms with Gasteiger partial charge in [-0.25, -0.2) is 0 Å². The van der Waals surface area contributed by atoms with Crippen molar-refractivity contribution in [3.63, 3.8) is 0 Å². The Balaban J connectivity index is 0.000000400. The Kier molecular flexibility index (Phi) is 16.3. The van der Waals surface area contributed by atoms with Gasteiger partial charge in [-0.15, -0.1) is 0 Å². The van der Waals surface area contributed by atoms with Crippen molar-refractivity contribution in [2.24, 2.45) is 0 Å². The van der Waals surface area contributed by atoms with Gasteiger partial charge in [0, 0.05) is 18.1 Å². The molecule has 0 bridgehead atoms. The summed E-state index contributed by atoms with van der Waals surface area (Å²) in [6, 6.07) is 0. The van der Waals surface area contributed by atoms with Gasteiger partial charge in [0.1, 0.15) is 0 Å². The van der Waals surface area contributed by atoms with Gasteiger partial charge in [-0.2, -0.15) is 0 Å². The lowest BCUT2D eigenvalue weighted by atomic mass is 10.1. The molecule has 2 aliphatic heterocycles. The highest BCUT2D eigenvalue weighted by Gasteiger charge is 2.12. The highest BCUT2D eigenvalue weighted by molar-refractivity contribution is 6.29. The van der Waals surface area contributed by atoms with Gasteiger partial charge >= 0.3 is 0 Å². The Hall–Kier alpha value is -0.0900. The molecular formula is C20H41ClN2O. The number of β-amino-alcohol motifs (C(OH)–C–C–N with tert-alkyl or cyclic N) is 1. The monoisotopic (exact) mass is 360 g/mol. The van der Waals surface area contributed by atoms with Gasteiger partial charge in [-0.3, -0.25) is 0 Å². The normalized spacial score (nSPS) is 20.2. The Morgan fingerprint density at radius 3 is 1.83 bits per heavy atom. The summed E-state index contributed by atoms with van der Waals surface area (Å²) in [4.78, 5) is 4.84. The van der Waals surface area contributed by atoms with Crippen molar-refractivity contribution in [2.75, 3.05) is 39.3 Å². The van der Waals surface area contributed by atoms with Crippen LogP contribution in [0.25, 0.3) is 0 Å². The van der Waals surface area contributed by atoms with E-state index >= 15 is 0 Å². The first-order valence-electron chi connectivity index (χ1n) is 10.1. The molecule has 1 atom stereocenters. The lowest BCUT2D eigenvalue weighted by Gasteiger charge is -2.27. The van der Waals surface area contributed by atoms with Gasteiger partial charge < -0.3 is 14.9 Å². The van der Waals surface area contributed by atoms with Gasteiger partial charge in [0.2, 0.25) is 0 Å². The molecule has 144 valence electrons. The second-order valence-corrected chi connectivity index (χ2v) is 7.13. The fourth-order valence-corrected chi connectivity index (χ4v) is 3.12. The summed E-state index contributed by atoms with van der Waals surface area (Å²) in [5, 5.41) is 10.2. The van der Waals surface area contributed by atoms with Crippen LogP contribution >= 0.6 is 11.6 Å². The molecule has 0 amide bonds. The summed E-state index contributed by atoms with van der Waals surface area (Å²) < 4.78 is 0. The van der Waals surface area contributed by atoms with Crippen molar-refractivity contribution >= 4 is 11.6 Å². The van der Waals surface area contributed by atoms with Crippen LogP contribution in [-0.4, -0.2) is 60.3 Å². The largest absolute Gasteiger partial charge is 0.392 e. The Labute approximate surface area is 156 Å². The summed E-state index contributed by atoms with van der Waals surface area (Å²) in [7, 11) is 0. The number of likely N-dealkylation sites (tertiary alicyclic amines) is 2. The van der Waals surface area contributed by atoms with Crippen molar-refractivity contribution < 1.29 is 5.11 Å². The van der Waals surface area contributed by atoms with Crippen LogP contribution in [0.1, 0.15) is 72.1 Å². The third kappa shape index (κ3) is 13.2. The van der Waals surface area contributed by atoms with E-state index in [0.717, 1.165) is 31.0 Å². The summed E-state index contributed by atoms with van der Waals surface area (Å²) in [6.45, 7) is 16.6. The average Bonchev–Trinajstić information content (AvgIpc) is 2.64. The second kappa shape index (κ2) is 16.4. The third-order valence-corrected chi connectivity index (χ3v) is 4.73. The number of aliphatic hydroxyl groups is 1. The molecule has 1 N–H and O–H groups in total. The first-order chi connectivity index (χ1) is 11.6. The van der Waals surface area contributed by atoms with Crippen LogP contribution in [0.2, 0.25) is 0 Å². The summed E-state index contributed by atoms with van der Waals surface area (Å²) in [5.74, 6) is 0. The lowest BCUT2D eigenvalue weighted by Crippen LogP contribution is -2.36. The SMILES string of the molecule is C=C(Cl)CCN1CCCCC1.CC.CCC(O)CN1CCCCC1. The summed E-state index contributed by atoms with van der Waals surface area (Å²) in [5.41, 5.74) is 0. The maximum Gasteiger partial charge on any atom is 0.0664 e. The smallest absolute Gasteiger partial charge is 0.0664 e. The average molecular weight is 361 g/mol. The Bertz CT molecular complexity index is 287. The number of hydrogen-bond donors (Lipinski definition) is 1. The molecule has 4 heteroatoms. The van der Waals surface area contributed by atoms with Crippen LogP contribution in [0.5, 0.6) is 0 Å². The van der Waals surface area contributed by atoms with Gasteiger partial charge in [-0.1, -0.05) is 51.8 Å². The minimum atomic E-state index is -0.104. The number of piperidine rings is 2. The van der Waals surface area contributed by atoms with Gasteiger partial charge in [-0.05, 0) is 64.7 Å². The zero-order valence-electron chi connectivity index (χ0n) is 16.4. The highest BCUT2D eigenvalue weighted by atomic mass is 35.5. The molecule has 2 saturated heterocycles. The van der Waals surface area contributed by atoms with E-state index in [2.05, 4.69) is 16.4 Å². The first-order valence-corrected chi connectivity index (χ1v) is 10.5. The Morgan fingerprint density at radius 2 is 1.42 bits per heavy atom. The highest BCUT2D eigenvalue weighted by Crippen LogP contribution is 2.11. The summed E-state index contributed by atoms with van der Waals surface area (Å²) in [6.07, 6.45) is 9.85. The minimum Gasteiger partial charge on any atom is -0.392 e. The molecule has 1 unspecified atom stereocenters. The van der Waals surface area contributed by atoms with Crippen molar-refractivity contribution in [1.82, 2.24) is 9.80 Å². The zero-order valence-corrected chi connectivity index (χ0v) is 17.2. The fourth-order valence-electron chi connectivity index (χ4n) is 3.03. The van der Waals surface area contributed by atoms with Crippen molar-refractivity contribution in [3.05, 3.63) is 11.6 Å². The second-order valence-electron chi connectivity index (χ2n) is 6.59. The molecule has 0 aromatic heterocycles. The van der Waals surface area contributed by atoms with Crippen LogP contribution < -0.4 is 0 Å². The van der Waals surface area contributed by atoms with E-state index in [9.17, 15) is 5.11 Å². The van der Waals surface area contributed by atoms with E-state index in [1.54, 1.807) is 0 Å². The minimum absolute atomic E-state index is 0.104. The van der Waals surface area contributed by atoms with Crippen LogP contribution in [0.4, 0.5) is 0 Å². The molecule has 0 spiro atoms. The lowest BCUT2D eigenvalue weighted by molar-refractivity contribution is 0.0984. The van der Waals surface area contributed by atoms with Gasteiger partial charge in [0.05, 0.1) is 6.10 Å². The van der Waals surface area contributed by atoms with E-state index < -0.39 is 0 Å². The van der Waals surface area contributed by atoms with E-state index in [1.807, 2.05) is 20.8 Å². The van der Waals surface area contributed by atoms with Crippen LogP contribution in [0.15, 0.2) is 11.6 Å². The topological polar surface area (TPSA) is 26.7 Å². The molecule has 3 nitrogen and oxygen atoms in total. The molecule has 0 radical (unpaired) electrons. The number of rotatable bonds is 6. The molecule has 2 rings (SSSR count). The number of halogens is 1. The quantitative estimate of drug-likeness (QED) is 0.730. The van der Waals surface area contributed by atoms with E-state index in [0.29, 0.717) is 0 Å². The molecule has 24 heavy (non-hydrogen) atoms. The van der Waals surface area contributed by atoms with Gasteiger partial charge in [0.25, 0.3) is 0 Å². The van der Waals surface area contributed by atoms with Crippen LogP contribution in [0.3, 0.4) is 0 Å². The zero-order chi connectivity index (χ0) is 18.2. The maximum absolute atomic E-state index is 9.37. The standard InChI is InChI=1S/C9H16ClN.C9H19NO.C2H6/c1-9(10)5-8-11-6-3-2-4-7-11;1-2-9(11)8-10-6-4-3-5-7-10;1-2/h1-8H2;9,11H,2-8H2,1H3;1-2H3. The van der Waals surface area contributed by atoms with Crippen molar-refractivity contribution in [2.45, 2.75) is 78.2 Å². The number of hydrogen-bond acceptors (Lipinski definition) is 3. The molecule has 2 heterocycles. The molecule has 0 aromatic carbocycles. The van der Waals surface area contributed by atoms with E-state index in [-0.39, 0.29) is 6.10 Å². The maximum atomic E-state index is 9.37. The molecule has 0 aromatic rings. The first kappa shape index (κ1) is 23.9. The van der Waals surface area contributed by atoms with Crippen molar-refractivity contribution in [1.29, 1.82) is 0 Å². The number of aliphatic hydroxyl groups excluding tert-OH is 1. The van der Waals surface area contributed by atoms with Crippen molar-refractivity contribution in [3.8, 4) is 0 Å². The predicted molar refractivity (Wildman–Crippen MR) is 108 cm³/mol. The Morgan fingerprint density at radius 1 is 0.958 bits per heavy atom. The third-order valence-electron chi connectivity index (χ3n) is 4.54.